The summed E-state index contributed by atoms with van der Waals surface area (Å²) in [6.07, 6.45) is 0.613. The van der Waals surface area contributed by atoms with Gasteiger partial charge < -0.3 is 9.05 Å². The third-order valence-corrected chi connectivity index (χ3v) is 8.43. The van der Waals surface area contributed by atoms with Crippen LogP contribution in [-0.2, 0) is 13.6 Å². The zero-order chi connectivity index (χ0) is 23.3. The highest BCUT2D eigenvalue weighted by Gasteiger charge is 2.43. The van der Waals surface area contributed by atoms with Crippen molar-refractivity contribution >= 4 is 24.3 Å². The van der Waals surface area contributed by atoms with Crippen LogP contribution < -0.4 is 0 Å². The van der Waals surface area contributed by atoms with Crippen LogP contribution in [0.2, 0.25) is 0 Å². The summed E-state index contributed by atoms with van der Waals surface area (Å²) in [6.45, 7) is 6.56. The molecule has 3 aromatic carbocycles. The monoisotopic (exact) mass is 458 g/mol. The molecule has 0 heterocycles. The highest BCUT2D eigenvalue weighted by atomic mass is 31.2. The van der Waals surface area contributed by atoms with Crippen LogP contribution in [0.5, 0.6) is 0 Å². The first-order valence-corrected chi connectivity index (χ1v) is 13.2. The maximum absolute atomic E-state index is 14.2. The number of benzene rings is 3. The summed E-state index contributed by atoms with van der Waals surface area (Å²) in [4.78, 5) is 0. The molecule has 0 aliphatic heterocycles. The van der Waals surface area contributed by atoms with E-state index in [4.69, 9.17) is 9.05 Å². The minimum atomic E-state index is -3.42. The molecule has 33 heavy (non-hydrogen) atoms. The Labute approximate surface area is 197 Å². The van der Waals surface area contributed by atoms with Crippen molar-refractivity contribution < 1.29 is 13.6 Å². The quantitative estimate of drug-likeness (QED) is 0.320. The van der Waals surface area contributed by atoms with Crippen molar-refractivity contribution in [3.05, 3.63) is 113 Å². The molecule has 170 valence electrons. The molecule has 3 nitrogen and oxygen atoms in total. The molecular formula is C29H31O3P. The lowest BCUT2D eigenvalue weighted by molar-refractivity contribution is 0.216. The van der Waals surface area contributed by atoms with E-state index in [1.165, 1.54) is 11.1 Å². The molecule has 4 rings (SSSR count). The van der Waals surface area contributed by atoms with Crippen LogP contribution in [0, 0.1) is 0 Å². The van der Waals surface area contributed by atoms with E-state index in [0.29, 0.717) is 19.6 Å². The van der Waals surface area contributed by atoms with Gasteiger partial charge in [-0.3, -0.25) is 4.57 Å². The van der Waals surface area contributed by atoms with Gasteiger partial charge in [0.25, 0.3) is 0 Å². The molecule has 0 saturated carbocycles. The Kier molecular flexibility index (Phi) is 7.45. The van der Waals surface area contributed by atoms with Crippen LogP contribution in [-0.4, -0.2) is 18.9 Å². The first-order chi connectivity index (χ1) is 16.1. The molecule has 0 aromatic heterocycles. The van der Waals surface area contributed by atoms with Crippen molar-refractivity contribution in [2.24, 2.45) is 0 Å². The minimum Gasteiger partial charge on any atom is -0.308 e. The van der Waals surface area contributed by atoms with Crippen molar-refractivity contribution in [1.82, 2.24) is 0 Å². The normalized spacial score (nSPS) is 16.9. The molecular weight excluding hydrogens is 427 g/mol. The van der Waals surface area contributed by atoms with E-state index >= 15 is 0 Å². The van der Waals surface area contributed by atoms with Crippen LogP contribution in [0.1, 0.15) is 43.9 Å². The van der Waals surface area contributed by atoms with Crippen molar-refractivity contribution in [3.63, 3.8) is 0 Å². The van der Waals surface area contributed by atoms with E-state index in [2.05, 4.69) is 67.6 Å². The molecule has 4 heteroatoms. The standard InChI is InChI=1S/C29H31O3P/c1-4-31-33(30,32-5-2)26-21-22(3)27(23-15-9-6-10-16-23)29(25-19-13-8-14-20-25)28(26)24-17-11-7-12-18-24/h6-20,26H,4-5,21H2,1-3H3. The molecule has 0 saturated heterocycles. The van der Waals surface area contributed by atoms with E-state index in [0.717, 1.165) is 27.8 Å². The van der Waals surface area contributed by atoms with E-state index < -0.39 is 7.60 Å². The summed E-state index contributed by atoms with van der Waals surface area (Å²) >= 11 is 0. The van der Waals surface area contributed by atoms with Gasteiger partial charge in [0, 0.05) is 0 Å². The lowest BCUT2D eigenvalue weighted by Crippen LogP contribution is -2.21. The Bertz CT molecular complexity index is 1170. The van der Waals surface area contributed by atoms with Crippen molar-refractivity contribution in [3.8, 4) is 0 Å². The summed E-state index contributed by atoms with van der Waals surface area (Å²) in [7, 11) is -3.42. The van der Waals surface area contributed by atoms with Gasteiger partial charge in [0.15, 0.2) is 0 Å². The largest absolute Gasteiger partial charge is 0.338 e. The summed E-state index contributed by atoms with van der Waals surface area (Å²) < 4.78 is 26.0. The van der Waals surface area contributed by atoms with Crippen LogP contribution >= 0.6 is 7.60 Å². The third-order valence-electron chi connectivity index (χ3n) is 5.99. The van der Waals surface area contributed by atoms with E-state index in [9.17, 15) is 4.57 Å². The lowest BCUT2D eigenvalue weighted by atomic mass is 9.77. The molecule has 0 amide bonds. The van der Waals surface area contributed by atoms with Gasteiger partial charge in [-0.25, -0.2) is 0 Å². The Morgan fingerprint density at radius 1 is 0.697 bits per heavy atom. The molecule has 1 atom stereocenters. The third kappa shape index (κ3) is 4.82. The minimum absolute atomic E-state index is 0.338. The number of allylic oxidation sites excluding steroid dienone is 4. The molecule has 0 radical (unpaired) electrons. The molecule has 3 aromatic rings. The summed E-state index contributed by atoms with van der Waals surface area (Å²) in [6, 6.07) is 31.1. The second-order valence-electron chi connectivity index (χ2n) is 8.14. The Morgan fingerprint density at radius 3 is 1.58 bits per heavy atom. The van der Waals surface area contributed by atoms with Crippen LogP contribution in [0.15, 0.2) is 96.6 Å². The zero-order valence-electron chi connectivity index (χ0n) is 19.5. The Hall–Kier alpha value is -2.71. The first kappa shape index (κ1) is 23.4. The second kappa shape index (κ2) is 10.5. The van der Waals surface area contributed by atoms with Gasteiger partial charge in [-0.15, -0.1) is 0 Å². The Morgan fingerprint density at radius 2 is 1.12 bits per heavy atom. The smallest absolute Gasteiger partial charge is 0.308 e. The number of hydrogen-bond acceptors (Lipinski definition) is 3. The van der Waals surface area contributed by atoms with Gasteiger partial charge in [0.05, 0.1) is 18.9 Å². The van der Waals surface area contributed by atoms with Gasteiger partial charge in [-0.1, -0.05) is 96.6 Å². The first-order valence-electron chi connectivity index (χ1n) is 11.6. The zero-order valence-corrected chi connectivity index (χ0v) is 20.4. The fraction of sp³-hybridized carbons (Fsp3) is 0.241. The van der Waals surface area contributed by atoms with Gasteiger partial charge in [-0.2, -0.15) is 0 Å². The maximum atomic E-state index is 14.2. The molecule has 0 bridgehead atoms. The van der Waals surface area contributed by atoms with E-state index in [1.807, 2.05) is 44.2 Å². The maximum Gasteiger partial charge on any atom is 0.338 e. The van der Waals surface area contributed by atoms with E-state index in [-0.39, 0.29) is 5.66 Å². The summed E-state index contributed by atoms with van der Waals surface area (Å²) in [5.74, 6) is 0. The van der Waals surface area contributed by atoms with Crippen molar-refractivity contribution in [1.29, 1.82) is 0 Å². The molecule has 1 aliphatic rings. The molecule has 0 fully saturated rings. The topological polar surface area (TPSA) is 35.5 Å². The number of rotatable bonds is 8. The second-order valence-corrected chi connectivity index (χ2v) is 10.4. The lowest BCUT2D eigenvalue weighted by Gasteiger charge is -2.36. The highest BCUT2D eigenvalue weighted by Crippen LogP contribution is 2.63. The average Bonchev–Trinajstić information content (AvgIpc) is 2.85. The van der Waals surface area contributed by atoms with Gasteiger partial charge in [0.2, 0.25) is 0 Å². The number of hydrogen-bond donors (Lipinski definition) is 0. The molecule has 1 aliphatic carbocycles. The molecule has 1 unspecified atom stereocenters. The van der Waals surface area contributed by atoms with Crippen LogP contribution in [0.3, 0.4) is 0 Å². The van der Waals surface area contributed by atoms with Gasteiger partial charge in [0.1, 0.15) is 0 Å². The summed E-state index contributed by atoms with van der Waals surface area (Å²) in [5.41, 5.74) is 7.41. The predicted molar refractivity (Wildman–Crippen MR) is 138 cm³/mol. The average molecular weight is 459 g/mol. The van der Waals surface area contributed by atoms with Crippen molar-refractivity contribution in [2.75, 3.05) is 13.2 Å². The molecule has 0 N–H and O–H groups in total. The van der Waals surface area contributed by atoms with Crippen molar-refractivity contribution in [2.45, 2.75) is 32.9 Å². The summed E-state index contributed by atoms with van der Waals surface area (Å²) in [5, 5.41) is 0. The Balaban J connectivity index is 2.08. The van der Waals surface area contributed by atoms with Crippen LogP contribution in [0.4, 0.5) is 0 Å². The van der Waals surface area contributed by atoms with E-state index in [1.54, 1.807) is 0 Å². The molecule has 0 spiro atoms. The highest BCUT2D eigenvalue weighted by molar-refractivity contribution is 7.55. The van der Waals surface area contributed by atoms with Gasteiger partial charge in [-0.05, 0) is 60.6 Å². The fourth-order valence-corrected chi connectivity index (χ4v) is 6.96. The fourth-order valence-electron chi connectivity index (χ4n) is 4.71. The van der Waals surface area contributed by atoms with Gasteiger partial charge >= 0.3 is 7.60 Å². The van der Waals surface area contributed by atoms with Crippen LogP contribution in [0.25, 0.3) is 16.7 Å². The predicted octanol–water partition coefficient (Wildman–Crippen LogP) is 8.11. The SMILES string of the molecule is CCOP(=O)(OCC)C1CC(C)=C(c2ccccc2)C(c2ccccc2)=C1c1ccccc1.